The molecule has 2 aromatic carbocycles. The number of thioether (sulfide) groups is 1. The topological polar surface area (TPSA) is 95.9 Å². The summed E-state index contributed by atoms with van der Waals surface area (Å²) in [4.78, 5) is 39.6. The van der Waals surface area contributed by atoms with E-state index >= 15 is 0 Å². The molecule has 2 fully saturated rings. The fraction of sp³-hybridized carbons (Fsp3) is 0.444. The minimum absolute atomic E-state index is 0.0680. The van der Waals surface area contributed by atoms with Gasteiger partial charge in [0.1, 0.15) is 18.7 Å². The summed E-state index contributed by atoms with van der Waals surface area (Å²) in [5.41, 5.74) is 4.54. The number of aliphatic carboxylic acids is 1. The van der Waals surface area contributed by atoms with Crippen LogP contribution in [0.3, 0.4) is 0 Å². The molecule has 0 bridgehead atoms. The fourth-order valence-electron chi connectivity index (χ4n) is 5.23. The molecule has 0 spiro atoms. The van der Waals surface area contributed by atoms with Gasteiger partial charge in [-0.3, -0.25) is 4.79 Å². The number of benzene rings is 2. The number of fused-ring (bicyclic) bond motifs is 3. The van der Waals surface area contributed by atoms with Crippen LogP contribution in [-0.4, -0.2) is 57.8 Å². The molecule has 2 aromatic rings. The molecule has 2 N–H and O–H groups in total. The molecule has 0 aromatic heterocycles. The van der Waals surface area contributed by atoms with Gasteiger partial charge in [-0.2, -0.15) is 0 Å². The Kier molecular flexibility index (Phi) is 6.73. The number of ether oxygens (including phenoxy) is 1. The summed E-state index contributed by atoms with van der Waals surface area (Å²) in [5.74, 6) is -0.665. The predicted molar refractivity (Wildman–Crippen MR) is 134 cm³/mol. The molecule has 8 heteroatoms. The van der Waals surface area contributed by atoms with Gasteiger partial charge in [0.15, 0.2) is 0 Å². The summed E-state index contributed by atoms with van der Waals surface area (Å²) < 4.78 is 5.67. The fourth-order valence-corrected chi connectivity index (χ4v) is 6.59. The predicted octanol–water partition coefficient (Wildman–Crippen LogP) is 4.46. The number of carboxylic acid groups (broad SMARTS) is 1. The van der Waals surface area contributed by atoms with Crippen molar-refractivity contribution in [3.63, 3.8) is 0 Å². The highest BCUT2D eigenvalue weighted by Gasteiger charge is 2.44. The Morgan fingerprint density at radius 1 is 1.09 bits per heavy atom. The lowest BCUT2D eigenvalue weighted by Crippen LogP contribution is -2.54. The van der Waals surface area contributed by atoms with Crippen LogP contribution in [0.1, 0.15) is 49.7 Å². The zero-order valence-corrected chi connectivity index (χ0v) is 20.5. The minimum atomic E-state index is -1.01. The van der Waals surface area contributed by atoms with Crippen LogP contribution in [0, 0.1) is 5.92 Å². The third-order valence-electron chi connectivity index (χ3n) is 7.18. The molecular formula is C27H30N2O5S. The molecule has 1 aliphatic heterocycles. The van der Waals surface area contributed by atoms with Crippen molar-refractivity contribution >= 4 is 29.7 Å². The lowest BCUT2D eigenvalue weighted by atomic mass is 9.98. The third-order valence-corrected chi connectivity index (χ3v) is 8.63. The number of hydrogen-bond donors (Lipinski definition) is 2. The van der Waals surface area contributed by atoms with E-state index in [0.29, 0.717) is 24.5 Å². The Balaban J connectivity index is 1.28. The van der Waals surface area contributed by atoms with Crippen molar-refractivity contribution in [2.45, 2.75) is 56.0 Å². The second-order valence-corrected chi connectivity index (χ2v) is 10.7. The van der Waals surface area contributed by atoms with Gasteiger partial charge in [0.05, 0.1) is 5.37 Å². The van der Waals surface area contributed by atoms with Gasteiger partial charge in [-0.15, -0.1) is 11.8 Å². The molecule has 184 valence electrons. The second kappa shape index (κ2) is 9.93. The lowest BCUT2D eigenvalue weighted by Gasteiger charge is -2.31. The average molecular weight is 495 g/mol. The molecular weight excluding hydrogens is 464 g/mol. The van der Waals surface area contributed by atoms with Crippen LogP contribution in [0.2, 0.25) is 0 Å². The molecule has 3 unspecified atom stereocenters. The van der Waals surface area contributed by atoms with Crippen LogP contribution in [-0.2, 0) is 14.3 Å². The summed E-state index contributed by atoms with van der Waals surface area (Å²) in [5, 5.41) is 12.2. The number of nitrogens with zero attached hydrogens (tertiary/aromatic N) is 1. The molecule has 1 saturated carbocycles. The van der Waals surface area contributed by atoms with Crippen molar-refractivity contribution in [3.8, 4) is 11.1 Å². The van der Waals surface area contributed by atoms with E-state index in [9.17, 15) is 19.5 Å². The number of rotatable bonds is 8. The highest BCUT2D eigenvalue weighted by molar-refractivity contribution is 8.00. The number of hydrogen-bond acceptors (Lipinski definition) is 5. The smallest absolute Gasteiger partial charge is 0.407 e. The SMILES string of the molecule is CCC1SCC(C(=O)O)N1C(=O)C(CC1CC1)NC(=O)OCC1c2ccccc2-c2ccccc21. The largest absolute Gasteiger partial charge is 0.480 e. The number of carboxylic acids is 1. The summed E-state index contributed by atoms with van der Waals surface area (Å²) in [6.07, 6.45) is 2.56. The van der Waals surface area contributed by atoms with E-state index in [1.807, 2.05) is 31.2 Å². The van der Waals surface area contributed by atoms with Crippen LogP contribution >= 0.6 is 11.8 Å². The van der Waals surface area contributed by atoms with Crippen molar-refractivity contribution in [2.75, 3.05) is 12.4 Å². The van der Waals surface area contributed by atoms with Crippen molar-refractivity contribution in [2.24, 2.45) is 5.92 Å². The molecule has 3 aliphatic rings. The number of alkyl carbamates (subject to hydrolysis) is 1. The van der Waals surface area contributed by atoms with Crippen LogP contribution in [0.5, 0.6) is 0 Å². The van der Waals surface area contributed by atoms with E-state index in [-0.39, 0.29) is 23.8 Å². The maximum atomic E-state index is 13.5. The zero-order valence-electron chi connectivity index (χ0n) is 19.7. The summed E-state index contributed by atoms with van der Waals surface area (Å²) in [6, 6.07) is 14.6. The molecule has 1 heterocycles. The van der Waals surface area contributed by atoms with Gasteiger partial charge in [0.2, 0.25) is 5.91 Å². The second-order valence-electron chi connectivity index (χ2n) is 9.50. The van der Waals surface area contributed by atoms with Crippen LogP contribution in [0.4, 0.5) is 4.79 Å². The first-order valence-electron chi connectivity index (χ1n) is 12.3. The van der Waals surface area contributed by atoms with E-state index in [2.05, 4.69) is 29.6 Å². The van der Waals surface area contributed by atoms with Gasteiger partial charge < -0.3 is 20.1 Å². The maximum Gasteiger partial charge on any atom is 0.407 e. The first-order valence-corrected chi connectivity index (χ1v) is 13.3. The van der Waals surface area contributed by atoms with Gasteiger partial charge in [0.25, 0.3) is 0 Å². The van der Waals surface area contributed by atoms with Gasteiger partial charge in [-0.25, -0.2) is 9.59 Å². The number of carbonyl (C=O) groups excluding carboxylic acids is 2. The highest BCUT2D eigenvalue weighted by Crippen LogP contribution is 2.44. The average Bonchev–Trinajstić information content (AvgIpc) is 3.48. The molecule has 2 aliphatic carbocycles. The van der Waals surface area contributed by atoms with E-state index in [4.69, 9.17) is 4.74 Å². The van der Waals surface area contributed by atoms with Crippen molar-refractivity contribution in [1.82, 2.24) is 10.2 Å². The minimum Gasteiger partial charge on any atom is -0.480 e. The maximum absolute atomic E-state index is 13.5. The Morgan fingerprint density at radius 3 is 2.29 bits per heavy atom. The first-order chi connectivity index (χ1) is 17.0. The van der Waals surface area contributed by atoms with Crippen molar-refractivity contribution in [3.05, 3.63) is 59.7 Å². The molecule has 1 saturated heterocycles. The van der Waals surface area contributed by atoms with Gasteiger partial charge >= 0.3 is 12.1 Å². The molecule has 0 radical (unpaired) electrons. The highest BCUT2D eigenvalue weighted by atomic mass is 32.2. The number of carbonyl (C=O) groups is 3. The third kappa shape index (κ3) is 4.76. The molecule has 35 heavy (non-hydrogen) atoms. The van der Waals surface area contributed by atoms with Gasteiger partial charge in [0, 0.05) is 11.7 Å². The van der Waals surface area contributed by atoms with Gasteiger partial charge in [-0.05, 0) is 41.0 Å². The van der Waals surface area contributed by atoms with Crippen LogP contribution in [0.15, 0.2) is 48.5 Å². The Hall–Kier alpha value is -3.00. The standard InChI is InChI=1S/C27H30N2O5S/c1-2-24-29(23(15-35-24)26(31)32)25(30)22(13-16-11-12-16)28-27(33)34-14-21-19-9-5-3-7-17(19)18-8-4-6-10-20(18)21/h3-10,16,21-24H,2,11-15H2,1H3,(H,28,33)(H,31,32). The van der Waals surface area contributed by atoms with Crippen molar-refractivity contribution < 1.29 is 24.2 Å². The monoisotopic (exact) mass is 494 g/mol. The van der Waals surface area contributed by atoms with Crippen molar-refractivity contribution in [1.29, 1.82) is 0 Å². The normalized spacial score (nSPS) is 21.8. The van der Waals surface area contributed by atoms with Crippen LogP contribution < -0.4 is 5.32 Å². The molecule has 3 atom stereocenters. The lowest BCUT2D eigenvalue weighted by molar-refractivity contribution is -0.150. The first kappa shape index (κ1) is 23.7. The Bertz CT molecular complexity index is 1090. The number of nitrogens with one attached hydrogen (secondary N) is 1. The molecule has 2 amide bonds. The zero-order chi connectivity index (χ0) is 24.5. The van der Waals surface area contributed by atoms with E-state index in [1.165, 1.54) is 16.7 Å². The summed E-state index contributed by atoms with van der Waals surface area (Å²) in [6.45, 7) is 2.11. The number of amides is 2. The van der Waals surface area contributed by atoms with E-state index in [0.717, 1.165) is 35.1 Å². The van der Waals surface area contributed by atoms with Crippen LogP contribution in [0.25, 0.3) is 11.1 Å². The van der Waals surface area contributed by atoms with E-state index < -0.39 is 24.1 Å². The quantitative estimate of drug-likeness (QED) is 0.563. The Labute approximate surface area is 209 Å². The molecule has 5 rings (SSSR count). The van der Waals surface area contributed by atoms with Gasteiger partial charge in [-0.1, -0.05) is 68.3 Å². The Morgan fingerprint density at radius 2 is 1.71 bits per heavy atom. The van der Waals surface area contributed by atoms with E-state index in [1.54, 1.807) is 0 Å². The molecule has 7 nitrogen and oxygen atoms in total. The summed E-state index contributed by atoms with van der Waals surface area (Å²) in [7, 11) is 0. The summed E-state index contributed by atoms with van der Waals surface area (Å²) >= 11 is 1.48.